The summed E-state index contributed by atoms with van der Waals surface area (Å²) < 4.78 is 5.03. The fraction of sp³-hybridized carbons (Fsp3) is 0.733. The largest absolute Gasteiger partial charge is 0.349 e. The summed E-state index contributed by atoms with van der Waals surface area (Å²) in [6, 6.07) is 0. The third kappa shape index (κ3) is 4.29. The van der Waals surface area contributed by atoms with Crippen LogP contribution in [0.4, 0.5) is 0 Å². The van der Waals surface area contributed by atoms with Crippen molar-refractivity contribution >= 4 is 11.8 Å². The van der Waals surface area contributed by atoms with Crippen molar-refractivity contribution in [2.45, 2.75) is 39.0 Å². The molecule has 1 unspecified atom stereocenters. The van der Waals surface area contributed by atoms with Gasteiger partial charge in [0.1, 0.15) is 0 Å². The van der Waals surface area contributed by atoms with Gasteiger partial charge in [-0.2, -0.15) is 4.98 Å². The van der Waals surface area contributed by atoms with Crippen molar-refractivity contribution in [1.29, 1.82) is 0 Å². The summed E-state index contributed by atoms with van der Waals surface area (Å²) in [5, 5.41) is 3.73. The first-order valence-electron chi connectivity index (χ1n) is 7.75. The molecule has 0 aliphatic carbocycles. The molecule has 1 atom stereocenters. The zero-order chi connectivity index (χ0) is 16.1. The van der Waals surface area contributed by atoms with Crippen LogP contribution >= 0.6 is 0 Å². The van der Waals surface area contributed by atoms with Gasteiger partial charge in [0.05, 0.1) is 5.92 Å². The van der Waals surface area contributed by atoms with Gasteiger partial charge in [-0.15, -0.1) is 0 Å². The Morgan fingerprint density at radius 1 is 1.41 bits per heavy atom. The Hall–Kier alpha value is -1.92. The predicted molar refractivity (Wildman–Crippen MR) is 80.0 cm³/mol. The van der Waals surface area contributed by atoms with E-state index in [9.17, 15) is 9.59 Å². The zero-order valence-electron chi connectivity index (χ0n) is 13.5. The zero-order valence-corrected chi connectivity index (χ0v) is 13.5. The summed E-state index contributed by atoms with van der Waals surface area (Å²) in [6.07, 6.45) is 3.49. The van der Waals surface area contributed by atoms with Gasteiger partial charge >= 0.3 is 0 Å². The Morgan fingerprint density at radius 3 is 2.82 bits per heavy atom. The number of hydrogen-bond acceptors (Lipinski definition) is 5. The molecular formula is C15H24N4O3. The smallest absolute Gasteiger partial charge is 0.226 e. The Kier molecular flexibility index (Phi) is 5.51. The van der Waals surface area contributed by atoms with Crippen molar-refractivity contribution in [3.05, 3.63) is 11.7 Å². The maximum atomic E-state index is 12.3. The first kappa shape index (κ1) is 16.5. The van der Waals surface area contributed by atoms with Crippen LogP contribution in [0.15, 0.2) is 4.52 Å². The van der Waals surface area contributed by atoms with E-state index in [2.05, 4.69) is 10.1 Å². The van der Waals surface area contributed by atoms with Crippen LogP contribution in [-0.4, -0.2) is 58.9 Å². The van der Waals surface area contributed by atoms with Gasteiger partial charge in [0.25, 0.3) is 0 Å². The number of piperidine rings is 1. The Bertz CT molecular complexity index is 527. The quantitative estimate of drug-likeness (QED) is 0.811. The minimum absolute atomic E-state index is 0.0636. The highest BCUT2D eigenvalue weighted by atomic mass is 16.5. The van der Waals surface area contributed by atoms with Crippen molar-refractivity contribution in [3.8, 4) is 0 Å². The fourth-order valence-electron chi connectivity index (χ4n) is 2.76. The molecule has 1 saturated heterocycles. The number of nitrogens with zero attached hydrogens (tertiary/aromatic N) is 4. The van der Waals surface area contributed by atoms with E-state index in [0.29, 0.717) is 37.5 Å². The van der Waals surface area contributed by atoms with Crippen molar-refractivity contribution in [3.63, 3.8) is 0 Å². The summed E-state index contributed by atoms with van der Waals surface area (Å²) in [4.78, 5) is 31.8. The Labute approximate surface area is 130 Å². The lowest BCUT2D eigenvalue weighted by Gasteiger charge is -2.33. The van der Waals surface area contributed by atoms with E-state index in [1.165, 1.54) is 0 Å². The molecule has 2 heterocycles. The van der Waals surface area contributed by atoms with Gasteiger partial charge in [0.15, 0.2) is 5.82 Å². The van der Waals surface area contributed by atoms with E-state index < -0.39 is 0 Å². The molecular weight excluding hydrogens is 284 g/mol. The molecule has 1 aromatic heterocycles. The number of amides is 2. The van der Waals surface area contributed by atoms with E-state index in [4.69, 9.17) is 4.52 Å². The van der Waals surface area contributed by atoms with E-state index in [0.717, 1.165) is 19.4 Å². The first-order valence-corrected chi connectivity index (χ1v) is 7.75. The molecule has 0 aromatic carbocycles. The first-order chi connectivity index (χ1) is 10.5. The van der Waals surface area contributed by atoms with Gasteiger partial charge in [-0.25, -0.2) is 0 Å². The van der Waals surface area contributed by atoms with Crippen molar-refractivity contribution in [2.24, 2.45) is 5.92 Å². The monoisotopic (exact) mass is 308 g/mol. The molecule has 0 N–H and O–H groups in total. The lowest BCUT2D eigenvalue weighted by molar-refractivity contribution is -0.139. The van der Waals surface area contributed by atoms with Gasteiger partial charge < -0.3 is 14.3 Å². The molecule has 0 spiro atoms. The molecule has 1 aliphatic rings. The van der Waals surface area contributed by atoms with Crippen LogP contribution in [0.5, 0.6) is 0 Å². The van der Waals surface area contributed by atoms with Gasteiger partial charge in [-0.3, -0.25) is 9.59 Å². The second-order valence-electron chi connectivity index (χ2n) is 6.00. The number of likely N-dealkylation sites (tertiary alicyclic amines) is 1. The van der Waals surface area contributed by atoms with Crippen molar-refractivity contribution < 1.29 is 14.1 Å². The number of aromatic nitrogens is 2. The standard InChI is InChI=1S/C15H24N4O3/c1-11-16-13(22-17-11)7-4-8-14(20)19-9-5-6-12(10-19)15(21)18(2)3/h12H,4-10H2,1-3H3. The van der Waals surface area contributed by atoms with Crippen LogP contribution in [0, 0.1) is 12.8 Å². The number of hydrogen-bond donors (Lipinski definition) is 0. The van der Waals surface area contributed by atoms with Crippen LogP contribution in [0.2, 0.25) is 0 Å². The van der Waals surface area contributed by atoms with Gasteiger partial charge in [0.2, 0.25) is 17.7 Å². The molecule has 1 fully saturated rings. The molecule has 2 rings (SSSR count). The molecule has 7 nitrogen and oxygen atoms in total. The number of rotatable bonds is 5. The Morgan fingerprint density at radius 2 is 2.18 bits per heavy atom. The van der Waals surface area contributed by atoms with E-state index in [-0.39, 0.29) is 17.7 Å². The summed E-state index contributed by atoms with van der Waals surface area (Å²) in [6.45, 7) is 3.05. The van der Waals surface area contributed by atoms with Crippen LogP contribution in [0.1, 0.15) is 37.4 Å². The third-order valence-corrected chi connectivity index (χ3v) is 3.92. The van der Waals surface area contributed by atoms with Crippen LogP contribution < -0.4 is 0 Å². The summed E-state index contributed by atoms with van der Waals surface area (Å²) >= 11 is 0. The molecule has 7 heteroatoms. The van der Waals surface area contributed by atoms with E-state index >= 15 is 0 Å². The molecule has 0 bridgehead atoms. The number of carbonyl (C=O) groups is 2. The lowest BCUT2D eigenvalue weighted by atomic mass is 9.96. The van der Waals surface area contributed by atoms with Gasteiger partial charge in [-0.05, 0) is 26.2 Å². The fourth-order valence-corrected chi connectivity index (χ4v) is 2.76. The number of aryl methyl sites for hydroxylation is 2. The molecule has 0 radical (unpaired) electrons. The summed E-state index contributed by atoms with van der Waals surface area (Å²) in [5.41, 5.74) is 0. The van der Waals surface area contributed by atoms with Crippen molar-refractivity contribution in [2.75, 3.05) is 27.2 Å². The molecule has 0 saturated carbocycles. The SMILES string of the molecule is Cc1noc(CCCC(=O)N2CCCC(C(=O)N(C)C)C2)n1. The summed E-state index contributed by atoms with van der Waals surface area (Å²) in [7, 11) is 3.52. The molecule has 122 valence electrons. The van der Waals surface area contributed by atoms with E-state index in [1.807, 2.05) is 4.90 Å². The predicted octanol–water partition coefficient (Wildman–Crippen LogP) is 1.03. The van der Waals surface area contributed by atoms with Crippen LogP contribution in [0.3, 0.4) is 0 Å². The van der Waals surface area contributed by atoms with Crippen LogP contribution in [0.25, 0.3) is 0 Å². The van der Waals surface area contributed by atoms with Crippen molar-refractivity contribution in [1.82, 2.24) is 19.9 Å². The maximum Gasteiger partial charge on any atom is 0.226 e. The number of carbonyl (C=O) groups excluding carboxylic acids is 2. The highest BCUT2D eigenvalue weighted by Gasteiger charge is 2.28. The molecule has 22 heavy (non-hydrogen) atoms. The molecule has 1 aliphatic heterocycles. The third-order valence-electron chi connectivity index (χ3n) is 3.92. The molecule has 1 aromatic rings. The topological polar surface area (TPSA) is 79.5 Å². The van der Waals surface area contributed by atoms with E-state index in [1.54, 1.807) is 25.9 Å². The van der Waals surface area contributed by atoms with Crippen LogP contribution in [-0.2, 0) is 16.0 Å². The Balaban J connectivity index is 1.78. The normalized spacial score (nSPS) is 18.3. The minimum atomic E-state index is -0.0636. The van der Waals surface area contributed by atoms with Gasteiger partial charge in [0, 0.05) is 40.0 Å². The highest BCUT2D eigenvalue weighted by molar-refractivity contribution is 5.81. The second kappa shape index (κ2) is 7.38. The average Bonchev–Trinajstić information content (AvgIpc) is 2.92. The van der Waals surface area contributed by atoms with Gasteiger partial charge in [-0.1, -0.05) is 5.16 Å². The molecule has 2 amide bonds. The second-order valence-corrected chi connectivity index (χ2v) is 6.00. The lowest BCUT2D eigenvalue weighted by Crippen LogP contribution is -2.45. The summed E-state index contributed by atoms with van der Waals surface area (Å²) in [5.74, 6) is 1.34. The minimum Gasteiger partial charge on any atom is -0.349 e. The maximum absolute atomic E-state index is 12.3. The highest BCUT2D eigenvalue weighted by Crippen LogP contribution is 2.19. The average molecular weight is 308 g/mol.